The molecule has 0 saturated carbocycles. The third kappa shape index (κ3) is 4.28. The van der Waals surface area contributed by atoms with Crippen LogP contribution in [0.25, 0.3) is 0 Å². The highest BCUT2D eigenvalue weighted by atomic mass is 28.3. The van der Waals surface area contributed by atoms with E-state index in [2.05, 4.69) is 32.2 Å². The summed E-state index contributed by atoms with van der Waals surface area (Å²) in [5, 5.41) is 8.60. The Bertz CT molecular complexity index is 175. The molecule has 0 aliphatic carbocycles. The number of nitriles is 1. The van der Waals surface area contributed by atoms with Gasteiger partial charge in [-0.1, -0.05) is 38.8 Å². The molecule has 0 N–H and O–H groups in total. The molecule has 1 nitrogen and oxygen atoms in total. The maximum absolute atomic E-state index is 8.60. The van der Waals surface area contributed by atoms with Gasteiger partial charge in [0.25, 0.3) is 0 Å². The van der Waals surface area contributed by atoms with E-state index in [4.69, 9.17) is 5.26 Å². The van der Waals surface area contributed by atoms with Crippen LogP contribution < -0.4 is 0 Å². The molecule has 74 valence electrons. The summed E-state index contributed by atoms with van der Waals surface area (Å²) in [6.45, 7) is 8.43. The van der Waals surface area contributed by atoms with Crippen LogP contribution in [0.1, 0.15) is 33.1 Å². The zero-order chi connectivity index (χ0) is 10.2. The summed E-state index contributed by atoms with van der Waals surface area (Å²) in [5.41, 5.74) is 2.21. The van der Waals surface area contributed by atoms with Crippen molar-refractivity contribution in [3.8, 4) is 6.07 Å². The molecule has 2 heteroatoms. The third-order valence-electron chi connectivity index (χ3n) is 2.66. The second kappa shape index (κ2) is 6.91. The lowest BCUT2D eigenvalue weighted by Gasteiger charge is -2.26. The van der Waals surface area contributed by atoms with Gasteiger partial charge in [-0.15, -0.1) is 12.3 Å². The molecule has 0 saturated heterocycles. The Hall–Kier alpha value is -0.553. The summed E-state index contributed by atoms with van der Waals surface area (Å²) in [4.78, 5) is 0. The van der Waals surface area contributed by atoms with Crippen molar-refractivity contribution in [2.24, 2.45) is 0 Å². The Balaban J connectivity index is 4.26. The Labute approximate surface area is 83.5 Å². The van der Waals surface area contributed by atoms with E-state index in [-0.39, 0.29) is 0 Å². The van der Waals surface area contributed by atoms with Crippen LogP contribution in [0.4, 0.5) is 0 Å². The minimum Gasteiger partial charge on any atom is -0.198 e. The van der Waals surface area contributed by atoms with Gasteiger partial charge < -0.3 is 0 Å². The van der Waals surface area contributed by atoms with Crippen LogP contribution in [0.2, 0.25) is 18.1 Å². The summed E-state index contributed by atoms with van der Waals surface area (Å²) in [6.07, 6.45) is 3.20. The van der Waals surface area contributed by atoms with Crippen molar-refractivity contribution < 1.29 is 0 Å². The van der Waals surface area contributed by atoms with E-state index >= 15 is 0 Å². The molecule has 0 aromatic rings. The first-order valence-corrected chi connectivity index (χ1v) is 7.95. The number of hydrogen-bond donors (Lipinski definition) is 0. The minimum atomic E-state index is -1.25. The maximum Gasteiger partial charge on any atom is 0.0780 e. The van der Waals surface area contributed by atoms with Crippen LogP contribution in [-0.2, 0) is 0 Å². The molecule has 0 aliphatic rings. The van der Waals surface area contributed by atoms with Gasteiger partial charge in [-0.25, -0.2) is 0 Å². The van der Waals surface area contributed by atoms with Gasteiger partial charge in [0.05, 0.1) is 14.1 Å². The summed E-state index contributed by atoms with van der Waals surface area (Å²) < 4.78 is 0. The first kappa shape index (κ1) is 12.4. The SMILES string of the molecule is C=C[Si](CCC)(CCC)CCC#N. The third-order valence-corrected chi connectivity index (χ3v) is 7.77. The first-order chi connectivity index (χ1) is 6.24. The Morgan fingerprint density at radius 3 is 2.08 bits per heavy atom. The van der Waals surface area contributed by atoms with Crippen molar-refractivity contribution in [1.82, 2.24) is 0 Å². The van der Waals surface area contributed by atoms with Crippen LogP contribution in [-0.4, -0.2) is 8.07 Å². The largest absolute Gasteiger partial charge is 0.198 e. The fourth-order valence-corrected chi connectivity index (χ4v) is 5.95. The zero-order valence-electron chi connectivity index (χ0n) is 8.97. The van der Waals surface area contributed by atoms with Crippen molar-refractivity contribution in [3.05, 3.63) is 12.3 Å². The van der Waals surface area contributed by atoms with E-state index in [9.17, 15) is 0 Å². The molecule has 0 fully saturated rings. The predicted molar refractivity (Wildman–Crippen MR) is 61.2 cm³/mol. The van der Waals surface area contributed by atoms with E-state index in [0.29, 0.717) is 0 Å². The molecule has 0 atom stereocenters. The molecule has 0 heterocycles. The standard InChI is InChI=1S/C11H21NSi/c1-4-9-13(6-3,10-5-2)11-7-8-12/h6H,3-5,7,9-11H2,1-2H3. The van der Waals surface area contributed by atoms with E-state index in [1.165, 1.54) is 24.9 Å². The van der Waals surface area contributed by atoms with Gasteiger partial charge in [-0.2, -0.15) is 5.26 Å². The van der Waals surface area contributed by atoms with E-state index < -0.39 is 8.07 Å². The fourth-order valence-electron chi connectivity index (χ4n) is 1.98. The molecule has 13 heavy (non-hydrogen) atoms. The van der Waals surface area contributed by atoms with Crippen molar-refractivity contribution in [3.63, 3.8) is 0 Å². The Morgan fingerprint density at radius 1 is 1.23 bits per heavy atom. The first-order valence-electron chi connectivity index (χ1n) is 5.25. The molecule has 0 aromatic heterocycles. The van der Waals surface area contributed by atoms with E-state index in [1.807, 2.05) is 0 Å². The summed E-state index contributed by atoms with van der Waals surface area (Å²) in [6, 6.07) is 6.00. The van der Waals surface area contributed by atoms with Crippen molar-refractivity contribution in [1.29, 1.82) is 5.26 Å². The topological polar surface area (TPSA) is 23.8 Å². The summed E-state index contributed by atoms with van der Waals surface area (Å²) in [7, 11) is -1.25. The van der Waals surface area contributed by atoms with Crippen LogP contribution in [0.15, 0.2) is 12.3 Å². The second-order valence-electron chi connectivity index (χ2n) is 3.72. The summed E-state index contributed by atoms with van der Waals surface area (Å²) in [5.74, 6) is 0. The predicted octanol–water partition coefficient (Wildman–Crippen LogP) is 3.89. The number of rotatable bonds is 7. The van der Waals surface area contributed by atoms with Gasteiger partial charge in [0.15, 0.2) is 0 Å². The molecular weight excluding hydrogens is 174 g/mol. The molecule has 0 aromatic carbocycles. The molecule has 0 spiro atoms. The van der Waals surface area contributed by atoms with Gasteiger partial charge in [-0.3, -0.25) is 0 Å². The monoisotopic (exact) mass is 195 g/mol. The summed E-state index contributed by atoms with van der Waals surface area (Å²) >= 11 is 0. The molecule has 0 unspecified atom stereocenters. The number of nitrogens with zero attached hydrogens (tertiary/aromatic N) is 1. The molecule has 0 aliphatic heterocycles. The molecule has 0 bridgehead atoms. The second-order valence-corrected chi connectivity index (χ2v) is 8.36. The van der Waals surface area contributed by atoms with Crippen LogP contribution in [0.3, 0.4) is 0 Å². The average molecular weight is 195 g/mol. The molecule has 0 radical (unpaired) electrons. The lowest BCUT2D eigenvalue weighted by Crippen LogP contribution is -2.30. The zero-order valence-corrected chi connectivity index (χ0v) is 9.97. The minimum absolute atomic E-state index is 0.720. The fraction of sp³-hybridized carbons (Fsp3) is 0.727. The van der Waals surface area contributed by atoms with Gasteiger partial charge in [-0.05, 0) is 6.04 Å². The van der Waals surface area contributed by atoms with Crippen LogP contribution >= 0.6 is 0 Å². The highest BCUT2D eigenvalue weighted by molar-refractivity contribution is 6.84. The molecule has 0 rings (SSSR count). The maximum atomic E-state index is 8.60. The van der Waals surface area contributed by atoms with E-state index in [1.54, 1.807) is 0 Å². The van der Waals surface area contributed by atoms with Gasteiger partial charge in [0.1, 0.15) is 0 Å². The Morgan fingerprint density at radius 2 is 1.77 bits per heavy atom. The van der Waals surface area contributed by atoms with Gasteiger partial charge >= 0.3 is 0 Å². The van der Waals surface area contributed by atoms with Crippen molar-refractivity contribution in [2.75, 3.05) is 0 Å². The van der Waals surface area contributed by atoms with Crippen molar-refractivity contribution in [2.45, 2.75) is 51.2 Å². The van der Waals surface area contributed by atoms with Crippen LogP contribution in [0, 0.1) is 11.3 Å². The highest BCUT2D eigenvalue weighted by Gasteiger charge is 2.26. The van der Waals surface area contributed by atoms with Crippen molar-refractivity contribution >= 4 is 8.07 Å². The van der Waals surface area contributed by atoms with E-state index in [0.717, 1.165) is 12.5 Å². The van der Waals surface area contributed by atoms with Crippen LogP contribution in [0.5, 0.6) is 0 Å². The highest BCUT2D eigenvalue weighted by Crippen LogP contribution is 2.26. The number of hydrogen-bond acceptors (Lipinski definition) is 1. The lowest BCUT2D eigenvalue weighted by atomic mass is 10.5. The smallest absolute Gasteiger partial charge is 0.0780 e. The normalized spacial score (nSPS) is 10.8. The average Bonchev–Trinajstić information content (AvgIpc) is 2.15. The van der Waals surface area contributed by atoms with Gasteiger partial charge in [0, 0.05) is 6.42 Å². The van der Waals surface area contributed by atoms with Gasteiger partial charge in [0.2, 0.25) is 0 Å². The quantitative estimate of drug-likeness (QED) is 0.565. The molecule has 0 amide bonds. The lowest BCUT2D eigenvalue weighted by molar-refractivity contribution is 0.958. The molecular formula is C11H21NSi. The Kier molecular flexibility index (Phi) is 6.62.